The Morgan fingerprint density at radius 2 is 1.81 bits per heavy atom. The van der Waals surface area contributed by atoms with Gasteiger partial charge in [0, 0.05) is 39.8 Å². The zero-order valence-electron chi connectivity index (χ0n) is 16.1. The highest BCUT2D eigenvalue weighted by Gasteiger charge is 2.22. The number of urea groups is 1. The molecule has 1 saturated heterocycles. The number of carboxylic acid groups (broad SMARTS) is 1. The molecule has 2 amide bonds. The number of amides is 2. The van der Waals surface area contributed by atoms with Crippen LogP contribution in [0, 0.1) is 11.8 Å². The number of piperidine rings is 1. The lowest BCUT2D eigenvalue weighted by atomic mass is 9.91. The first kappa shape index (κ1) is 20.2. The van der Waals surface area contributed by atoms with Crippen molar-refractivity contribution in [1.29, 1.82) is 0 Å². The molecule has 26 heavy (non-hydrogen) atoms. The first-order valence-corrected chi connectivity index (χ1v) is 9.35. The monoisotopic (exact) mass is 361 g/mol. The lowest BCUT2D eigenvalue weighted by Crippen LogP contribution is -2.39. The third-order valence-electron chi connectivity index (χ3n) is 4.89. The summed E-state index contributed by atoms with van der Waals surface area (Å²) >= 11 is 0. The van der Waals surface area contributed by atoms with Gasteiger partial charge in [0.1, 0.15) is 0 Å². The Morgan fingerprint density at radius 1 is 1.19 bits per heavy atom. The molecule has 1 aromatic carbocycles. The minimum atomic E-state index is -0.903. The fourth-order valence-electron chi connectivity index (χ4n) is 3.72. The molecule has 6 heteroatoms. The molecule has 0 spiro atoms. The second-order valence-electron chi connectivity index (χ2n) is 7.63. The molecule has 0 saturated carbocycles. The topological polar surface area (TPSA) is 72.9 Å². The fraction of sp³-hybridized carbons (Fsp3) is 0.600. The van der Waals surface area contributed by atoms with Crippen LogP contribution in [0.25, 0.3) is 0 Å². The smallest absolute Gasteiger partial charge is 0.317 e. The summed E-state index contributed by atoms with van der Waals surface area (Å²) in [5.74, 6) is 0.530. The molecule has 0 bridgehead atoms. The molecule has 1 fully saturated rings. The number of carbonyl (C=O) groups is 2. The van der Waals surface area contributed by atoms with E-state index in [-0.39, 0.29) is 19.0 Å². The van der Waals surface area contributed by atoms with Crippen LogP contribution in [-0.2, 0) is 17.9 Å². The molecule has 1 aliphatic rings. The molecule has 6 nitrogen and oxygen atoms in total. The Kier molecular flexibility index (Phi) is 7.45. The highest BCUT2D eigenvalue weighted by Crippen LogP contribution is 2.23. The maximum Gasteiger partial charge on any atom is 0.317 e. The maximum absolute atomic E-state index is 12.1. The van der Waals surface area contributed by atoms with E-state index in [9.17, 15) is 9.59 Å². The van der Waals surface area contributed by atoms with E-state index >= 15 is 0 Å². The number of aliphatic carboxylic acids is 1. The molecule has 2 unspecified atom stereocenters. The van der Waals surface area contributed by atoms with Gasteiger partial charge in [-0.15, -0.1) is 0 Å². The van der Waals surface area contributed by atoms with Crippen LogP contribution in [-0.4, -0.2) is 53.6 Å². The van der Waals surface area contributed by atoms with Crippen molar-refractivity contribution in [2.45, 2.75) is 39.8 Å². The van der Waals surface area contributed by atoms with Gasteiger partial charge in [-0.1, -0.05) is 38.1 Å². The van der Waals surface area contributed by atoms with Crippen LogP contribution >= 0.6 is 0 Å². The largest absolute Gasteiger partial charge is 0.481 e. The fourth-order valence-corrected chi connectivity index (χ4v) is 3.72. The maximum atomic E-state index is 12.1. The number of carbonyl (C=O) groups excluding carboxylic acids is 1. The summed E-state index contributed by atoms with van der Waals surface area (Å²) in [7, 11) is 1.61. The Bertz CT molecular complexity index is 610. The second kappa shape index (κ2) is 9.57. The van der Waals surface area contributed by atoms with Gasteiger partial charge in [-0.05, 0) is 29.4 Å². The number of hydrogen-bond donors (Lipinski definition) is 2. The molecule has 2 rings (SSSR count). The SMILES string of the molecule is CC1CC(C)CN(Cc2ccccc2CNC(=O)N(C)CCC(=O)O)C1. The average Bonchev–Trinajstić information content (AvgIpc) is 2.57. The van der Waals surface area contributed by atoms with Gasteiger partial charge in [-0.3, -0.25) is 9.69 Å². The van der Waals surface area contributed by atoms with E-state index in [1.54, 1.807) is 7.05 Å². The van der Waals surface area contributed by atoms with Crippen molar-refractivity contribution in [2.24, 2.45) is 11.8 Å². The van der Waals surface area contributed by atoms with E-state index < -0.39 is 5.97 Å². The number of benzene rings is 1. The zero-order chi connectivity index (χ0) is 19.1. The van der Waals surface area contributed by atoms with Crippen molar-refractivity contribution < 1.29 is 14.7 Å². The summed E-state index contributed by atoms with van der Waals surface area (Å²) in [4.78, 5) is 26.7. The minimum absolute atomic E-state index is 0.0498. The Labute approximate surface area is 156 Å². The van der Waals surface area contributed by atoms with Crippen molar-refractivity contribution in [3.8, 4) is 0 Å². The van der Waals surface area contributed by atoms with Gasteiger partial charge in [0.25, 0.3) is 0 Å². The second-order valence-corrected chi connectivity index (χ2v) is 7.63. The Balaban J connectivity index is 1.92. The van der Waals surface area contributed by atoms with Gasteiger partial charge < -0.3 is 15.3 Å². The number of nitrogens with zero attached hydrogens (tertiary/aromatic N) is 2. The van der Waals surface area contributed by atoms with E-state index in [1.807, 2.05) is 18.2 Å². The third kappa shape index (κ3) is 6.33. The van der Waals surface area contributed by atoms with Crippen molar-refractivity contribution in [1.82, 2.24) is 15.1 Å². The van der Waals surface area contributed by atoms with Crippen molar-refractivity contribution in [3.63, 3.8) is 0 Å². The molecule has 0 aromatic heterocycles. The normalized spacial score (nSPS) is 20.6. The zero-order valence-corrected chi connectivity index (χ0v) is 16.1. The average molecular weight is 361 g/mol. The van der Waals surface area contributed by atoms with Gasteiger partial charge in [-0.2, -0.15) is 0 Å². The van der Waals surface area contributed by atoms with Crippen LogP contribution in [0.5, 0.6) is 0 Å². The molecular weight excluding hydrogens is 330 g/mol. The summed E-state index contributed by atoms with van der Waals surface area (Å²) in [5.41, 5.74) is 2.35. The number of rotatable bonds is 7. The highest BCUT2D eigenvalue weighted by atomic mass is 16.4. The predicted molar refractivity (Wildman–Crippen MR) is 102 cm³/mol. The molecule has 1 aromatic rings. The van der Waals surface area contributed by atoms with Gasteiger partial charge in [-0.25, -0.2) is 4.79 Å². The first-order valence-electron chi connectivity index (χ1n) is 9.35. The summed E-state index contributed by atoms with van der Waals surface area (Å²) in [6.07, 6.45) is 1.24. The van der Waals surface area contributed by atoms with E-state index in [1.165, 1.54) is 16.9 Å². The van der Waals surface area contributed by atoms with E-state index in [2.05, 4.69) is 30.1 Å². The van der Waals surface area contributed by atoms with Crippen LogP contribution in [0.15, 0.2) is 24.3 Å². The molecule has 144 valence electrons. The summed E-state index contributed by atoms with van der Waals surface area (Å²) < 4.78 is 0. The van der Waals surface area contributed by atoms with Crippen LogP contribution in [0.3, 0.4) is 0 Å². The van der Waals surface area contributed by atoms with Gasteiger partial charge in [0.2, 0.25) is 0 Å². The molecule has 0 aliphatic carbocycles. The minimum Gasteiger partial charge on any atom is -0.481 e. The van der Waals surface area contributed by atoms with Crippen molar-refractivity contribution >= 4 is 12.0 Å². The van der Waals surface area contributed by atoms with Gasteiger partial charge in [0.05, 0.1) is 6.42 Å². The molecule has 0 radical (unpaired) electrons. The lowest BCUT2D eigenvalue weighted by molar-refractivity contribution is -0.137. The lowest BCUT2D eigenvalue weighted by Gasteiger charge is -2.35. The number of hydrogen-bond acceptors (Lipinski definition) is 3. The summed E-state index contributed by atoms with van der Waals surface area (Å²) in [5, 5.41) is 11.6. The third-order valence-corrected chi connectivity index (χ3v) is 4.89. The van der Waals surface area contributed by atoms with Gasteiger partial charge >= 0.3 is 12.0 Å². The van der Waals surface area contributed by atoms with Gasteiger partial charge in [0.15, 0.2) is 0 Å². The first-order chi connectivity index (χ1) is 12.3. The number of carboxylic acids is 1. The number of nitrogens with one attached hydrogen (secondary N) is 1. The van der Waals surface area contributed by atoms with Crippen molar-refractivity contribution in [2.75, 3.05) is 26.7 Å². The molecule has 2 N–H and O–H groups in total. The van der Waals surface area contributed by atoms with E-state index in [0.29, 0.717) is 18.4 Å². The molecule has 2 atom stereocenters. The molecular formula is C20H31N3O3. The highest BCUT2D eigenvalue weighted by molar-refractivity contribution is 5.75. The van der Waals surface area contributed by atoms with Crippen LogP contribution in [0.1, 0.15) is 37.8 Å². The Hall–Kier alpha value is -2.08. The quantitative estimate of drug-likeness (QED) is 0.783. The predicted octanol–water partition coefficient (Wildman–Crippen LogP) is 2.78. The molecule has 1 heterocycles. The Morgan fingerprint density at radius 3 is 2.42 bits per heavy atom. The summed E-state index contributed by atoms with van der Waals surface area (Å²) in [6.45, 7) is 8.39. The van der Waals surface area contributed by atoms with Crippen LogP contribution in [0.4, 0.5) is 4.79 Å². The van der Waals surface area contributed by atoms with E-state index in [0.717, 1.165) is 25.2 Å². The van der Waals surface area contributed by atoms with Crippen LogP contribution < -0.4 is 5.32 Å². The van der Waals surface area contributed by atoms with Crippen molar-refractivity contribution in [3.05, 3.63) is 35.4 Å². The standard InChI is InChI=1S/C20H31N3O3/c1-15-10-16(2)13-23(12-15)14-18-7-5-4-6-17(18)11-21-20(26)22(3)9-8-19(24)25/h4-7,15-16H,8-14H2,1-3H3,(H,21,26)(H,24,25). The summed E-state index contributed by atoms with van der Waals surface area (Å²) in [6, 6.07) is 7.95. The van der Waals surface area contributed by atoms with Crippen LogP contribution in [0.2, 0.25) is 0 Å². The van der Waals surface area contributed by atoms with E-state index in [4.69, 9.17) is 5.11 Å². The number of likely N-dealkylation sites (tertiary alicyclic amines) is 1. The molecule has 1 aliphatic heterocycles.